The van der Waals surface area contributed by atoms with Crippen LogP contribution in [-0.4, -0.2) is 61.7 Å². The Hall–Kier alpha value is -2.43. The number of allylic oxidation sites excluding steroid dienone is 5. The summed E-state index contributed by atoms with van der Waals surface area (Å²) in [5.74, 6) is -5.23. The number of alkyl halides is 2. The van der Waals surface area contributed by atoms with E-state index in [1.54, 1.807) is 43.4 Å². The van der Waals surface area contributed by atoms with Crippen LogP contribution in [0.5, 0.6) is 0 Å². The normalized spacial score (nSPS) is 26.7. The van der Waals surface area contributed by atoms with E-state index in [0.29, 0.717) is 18.6 Å². The predicted molar refractivity (Wildman–Crippen MR) is 129 cm³/mol. The molecule has 0 spiro atoms. The van der Waals surface area contributed by atoms with Crippen molar-refractivity contribution in [3.05, 3.63) is 66.0 Å². The van der Waals surface area contributed by atoms with Gasteiger partial charge in [0.05, 0.1) is 24.9 Å². The van der Waals surface area contributed by atoms with Crippen molar-refractivity contribution in [2.24, 2.45) is 0 Å². The van der Waals surface area contributed by atoms with Gasteiger partial charge >= 0.3 is 0 Å². The van der Waals surface area contributed by atoms with E-state index in [2.05, 4.69) is 11.3 Å². The summed E-state index contributed by atoms with van der Waals surface area (Å²) in [6.45, 7) is 7.47. The molecule has 1 aromatic rings. The topological polar surface area (TPSA) is 75.7 Å². The number of hydrogen-bond acceptors (Lipinski definition) is 4. The zero-order valence-electron chi connectivity index (χ0n) is 20.1. The third kappa shape index (κ3) is 5.70. The fourth-order valence-electron chi connectivity index (χ4n) is 4.31. The minimum absolute atomic E-state index is 0.101. The van der Waals surface area contributed by atoms with Gasteiger partial charge in [-0.25, -0.2) is 26.3 Å². The maximum atomic E-state index is 15.5. The number of sulfonamides is 1. The highest BCUT2D eigenvalue weighted by Crippen LogP contribution is 2.39. The van der Waals surface area contributed by atoms with Gasteiger partial charge in [0.1, 0.15) is 17.5 Å². The van der Waals surface area contributed by atoms with Gasteiger partial charge in [0, 0.05) is 12.0 Å². The first-order valence-corrected chi connectivity index (χ1v) is 13.1. The van der Waals surface area contributed by atoms with E-state index >= 15 is 13.2 Å². The summed E-state index contributed by atoms with van der Waals surface area (Å²) in [7, 11) is -4.04. The van der Waals surface area contributed by atoms with Crippen LogP contribution in [0.2, 0.25) is 0 Å². The van der Waals surface area contributed by atoms with Crippen LogP contribution in [0.15, 0.2) is 49.1 Å². The molecule has 0 bridgehead atoms. The molecule has 0 aromatic heterocycles. The van der Waals surface area contributed by atoms with Crippen molar-refractivity contribution >= 4 is 21.5 Å². The summed E-state index contributed by atoms with van der Waals surface area (Å²) in [5, 5.41) is 0. The highest BCUT2D eigenvalue weighted by molar-refractivity contribution is 7.89. The van der Waals surface area contributed by atoms with Crippen molar-refractivity contribution in [2.45, 2.75) is 57.2 Å². The second kappa shape index (κ2) is 10.3. The number of hydrogen-bond donors (Lipinski definition) is 1. The SMILES string of the molecule is C=C/C=C\C=C(/C)c1cccc(C[C@H]2[C@@H](NS(=O)(=O)CC)C(F)(F)CN2C(=O)C2(C)CCO2)c1F. The number of nitrogens with one attached hydrogen (secondary N) is 1. The Kier molecular flexibility index (Phi) is 7.98. The minimum Gasteiger partial charge on any atom is -0.365 e. The molecule has 192 valence electrons. The van der Waals surface area contributed by atoms with Gasteiger partial charge in [-0.1, -0.05) is 49.1 Å². The largest absolute Gasteiger partial charge is 0.365 e. The maximum Gasteiger partial charge on any atom is 0.283 e. The van der Waals surface area contributed by atoms with Crippen LogP contribution in [0, 0.1) is 5.82 Å². The first-order valence-electron chi connectivity index (χ1n) is 11.4. The Labute approximate surface area is 204 Å². The second-order valence-corrected chi connectivity index (χ2v) is 11.1. The van der Waals surface area contributed by atoms with Crippen LogP contribution in [-0.2, 0) is 26.0 Å². The van der Waals surface area contributed by atoms with E-state index in [9.17, 15) is 13.2 Å². The number of carbonyl (C=O) groups excluding carboxylic acids is 1. The van der Waals surface area contributed by atoms with Crippen molar-refractivity contribution in [2.75, 3.05) is 18.9 Å². The van der Waals surface area contributed by atoms with Gasteiger partial charge in [0.15, 0.2) is 0 Å². The van der Waals surface area contributed by atoms with E-state index in [0.717, 1.165) is 4.90 Å². The Morgan fingerprint density at radius 1 is 1.34 bits per heavy atom. The molecule has 2 aliphatic rings. The number of nitrogens with zero attached hydrogens (tertiary/aromatic N) is 1. The van der Waals surface area contributed by atoms with Crippen molar-refractivity contribution in [3.63, 3.8) is 0 Å². The molecule has 0 saturated carbocycles. The molecule has 1 aromatic carbocycles. The fraction of sp³-hybridized carbons (Fsp3) is 0.480. The molecule has 35 heavy (non-hydrogen) atoms. The second-order valence-electron chi connectivity index (χ2n) is 9.04. The lowest BCUT2D eigenvalue weighted by molar-refractivity contribution is -0.183. The molecular weight excluding hydrogens is 481 g/mol. The average Bonchev–Trinajstić information content (AvgIpc) is 3.02. The van der Waals surface area contributed by atoms with Gasteiger partial charge in [-0.2, -0.15) is 0 Å². The lowest BCUT2D eigenvalue weighted by Crippen LogP contribution is -2.58. The Balaban J connectivity index is 2.02. The number of ether oxygens (including phenoxy) is 1. The summed E-state index contributed by atoms with van der Waals surface area (Å²) in [6, 6.07) is 1.41. The molecule has 2 fully saturated rings. The summed E-state index contributed by atoms with van der Waals surface area (Å²) in [6.07, 6.45) is 6.70. The molecule has 10 heteroatoms. The quantitative estimate of drug-likeness (QED) is 0.510. The number of halogens is 3. The van der Waals surface area contributed by atoms with Crippen molar-refractivity contribution in [1.29, 1.82) is 0 Å². The van der Waals surface area contributed by atoms with E-state index in [1.807, 2.05) is 0 Å². The lowest BCUT2D eigenvalue weighted by atomic mass is 9.92. The molecule has 1 N–H and O–H groups in total. The van der Waals surface area contributed by atoms with Crippen LogP contribution in [0.4, 0.5) is 13.2 Å². The van der Waals surface area contributed by atoms with Crippen LogP contribution >= 0.6 is 0 Å². The summed E-state index contributed by atoms with van der Waals surface area (Å²) in [4.78, 5) is 14.1. The fourth-order valence-corrected chi connectivity index (χ4v) is 5.20. The molecular formula is C25H31F3N2O4S. The smallest absolute Gasteiger partial charge is 0.283 e. The van der Waals surface area contributed by atoms with Crippen LogP contribution in [0.25, 0.3) is 5.57 Å². The van der Waals surface area contributed by atoms with Gasteiger partial charge in [0.2, 0.25) is 10.0 Å². The zero-order valence-corrected chi connectivity index (χ0v) is 20.9. The van der Waals surface area contributed by atoms with Gasteiger partial charge < -0.3 is 9.64 Å². The predicted octanol–water partition coefficient (Wildman–Crippen LogP) is 3.85. The lowest BCUT2D eigenvalue weighted by Gasteiger charge is -2.41. The van der Waals surface area contributed by atoms with Crippen LogP contribution in [0.1, 0.15) is 38.3 Å². The van der Waals surface area contributed by atoms with Gasteiger partial charge in [-0.05, 0) is 38.3 Å². The highest BCUT2D eigenvalue weighted by Gasteiger charge is 2.59. The molecule has 1 amide bonds. The molecule has 3 rings (SSSR count). The number of benzene rings is 1. The van der Waals surface area contributed by atoms with Gasteiger partial charge in [-0.3, -0.25) is 4.79 Å². The third-order valence-corrected chi connectivity index (χ3v) is 7.92. The van der Waals surface area contributed by atoms with Crippen LogP contribution in [0.3, 0.4) is 0 Å². The Bertz CT molecular complexity index is 1140. The molecule has 1 unspecified atom stereocenters. The van der Waals surface area contributed by atoms with Gasteiger partial charge in [0.25, 0.3) is 11.8 Å². The zero-order chi connectivity index (χ0) is 26.0. The van der Waals surface area contributed by atoms with Crippen molar-refractivity contribution in [3.8, 4) is 0 Å². The van der Waals surface area contributed by atoms with Gasteiger partial charge in [-0.15, -0.1) is 0 Å². The molecule has 3 atom stereocenters. The molecule has 2 saturated heterocycles. The Morgan fingerprint density at radius 3 is 2.60 bits per heavy atom. The highest BCUT2D eigenvalue weighted by atomic mass is 32.2. The standard InChI is InChI=1S/C25H31F3N2O4S/c1-5-7-8-10-17(3)19-12-9-11-18(21(19)26)15-20-22(29-35(32,33)6-2)25(27,28)16-30(20)23(31)24(4)13-14-34-24/h5,7-12,20,22,29H,1,6,13-16H2,2-4H3/b8-7-,17-10+/t20-,22+,24?/m0/s1. The maximum absolute atomic E-state index is 15.5. The molecule has 2 heterocycles. The van der Waals surface area contributed by atoms with Crippen LogP contribution < -0.4 is 4.72 Å². The summed E-state index contributed by atoms with van der Waals surface area (Å²) in [5.41, 5.74) is -0.280. The number of amides is 1. The minimum atomic E-state index is -4.04. The average molecular weight is 513 g/mol. The molecule has 6 nitrogen and oxygen atoms in total. The summed E-state index contributed by atoms with van der Waals surface area (Å²) < 4.78 is 77.7. The Morgan fingerprint density at radius 2 is 2.03 bits per heavy atom. The van der Waals surface area contributed by atoms with Crippen molar-refractivity contribution < 1.29 is 31.1 Å². The monoisotopic (exact) mass is 512 g/mol. The number of rotatable bonds is 9. The first kappa shape index (κ1) is 27.2. The molecule has 0 radical (unpaired) electrons. The van der Waals surface area contributed by atoms with E-state index in [-0.39, 0.29) is 17.5 Å². The van der Waals surface area contributed by atoms with Crippen molar-refractivity contribution in [1.82, 2.24) is 9.62 Å². The van der Waals surface area contributed by atoms with E-state index in [1.165, 1.54) is 19.9 Å². The number of carbonyl (C=O) groups is 1. The summed E-state index contributed by atoms with van der Waals surface area (Å²) >= 11 is 0. The molecule has 0 aliphatic carbocycles. The third-order valence-electron chi connectivity index (χ3n) is 6.55. The molecule has 2 aliphatic heterocycles. The number of likely N-dealkylation sites (tertiary alicyclic amines) is 1. The van der Waals surface area contributed by atoms with E-state index < -0.39 is 57.7 Å². The first-order chi connectivity index (χ1) is 16.3. The van der Waals surface area contributed by atoms with E-state index in [4.69, 9.17) is 4.74 Å².